The number of hydrogen-bond donors (Lipinski definition) is 2. The smallest absolute Gasteiger partial charge is 0.359 e. The molecule has 0 bridgehead atoms. The SMILES string of the molecule is CCCN(Cc1nc2c(N3CCOCC3)nc(-c3ccc4[nH]ccc4c3)nc2n1C)c1ncc(C(=O)ON)cn1. The van der Waals surface area contributed by atoms with Crippen LogP contribution in [0.2, 0.25) is 0 Å². The van der Waals surface area contributed by atoms with Crippen LogP contribution in [-0.4, -0.2) is 73.3 Å². The molecule has 40 heavy (non-hydrogen) atoms. The maximum Gasteiger partial charge on any atom is 0.359 e. The van der Waals surface area contributed by atoms with Crippen LogP contribution in [0, 0.1) is 0 Å². The highest BCUT2D eigenvalue weighted by molar-refractivity contribution is 5.89. The Morgan fingerprint density at radius 1 is 1.15 bits per heavy atom. The number of morpholine rings is 1. The van der Waals surface area contributed by atoms with E-state index in [1.807, 2.05) is 40.9 Å². The standard InChI is InChI=1S/C27H30N10O3/c1-3-8-37(27-30-14-19(15-31-27)26(38)40-28)16-21-32-22-24(35(21)2)33-23(34-25(22)36-9-11-39-12-10-36)18-4-5-20-17(13-18)6-7-29-20/h4-7,13-15,29H,3,8-12,16,28H2,1-2H3. The average molecular weight is 543 g/mol. The van der Waals surface area contributed by atoms with Gasteiger partial charge in [-0.1, -0.05) is 6.92 Å². The minimum absolute atomic E-state index is 0.182. The summed E-state index contributed by atoms with van der Waals surface area (Å²) in [4.78, 5) is 47.3. The maximum absolute atomic E-state index is 11.7. The number of nitrogens with two attached hydrogens (primary N) is 1. The number of anilines is 2. The molecule has 0 spiro atoms. The third-order valence-corrected chi connectivity index (χ3v) is 7.00. The molecule has 6 rings (SSSR count). The number of benzene rings is 1. The summed E-state index contributed by atoms with van der Waals surface area (Å²) < 4.78 is 7.61. The Morgan fingerprint density at radius 3 is 2.70 bits per heavy atom. The summed E-state index contributed by atoms with van der Waals surface area (Å²) in [5.74, 6) is 7.00. The lowest BCUT2D eigenvalue weighted by atomic mass is 10.1. The number of rotatable bonds is 8. The number of imidazole rings is 1. The Hall–Kier alpha value is -4.62. The Kier molecular flexibility index (Phi) is 6.97. The summed E-state index contributed by atoms with van der Waals surface area (Å²) in [6.07, 6.45) is 5.61. The predicted molar refractivity (Wildman–Crippen MR) is 150 cm³/mol. The number of aromatic amines is 1. The van der Waals surface area contributed by atoms with Crippen molar-refractivity contribution in [2.75, 3.05) is 42.6 Å². The van der Waals surface area contributed by atoms with Gasteiger partial charge in [-0.3, -0.25) is 0 Å². The molecule has 5 heterocycles. The van der Waals surface area contributed by atoms with Crippen LogP contribution in [-0.2, 0) is 23.2 Å². The molecule has 13 heteroatoms. The highest BCUT2D eigenvalue weighted by Crippen LogP contribution is 2.30. The van der Waals surface area contributed by atoms with E-state index in [1.165, 1.54) is 12.4 Å². The molecule has 0 aliphatic carbocycles. The number of hydrogen-bond acceptors (Lipinski definition) is 11. The second kappa shape index (κ2) is 10.9. The van der Waals surface area contributed by atoms with Crippen LogP contribution in [0.25, 0.3) is 33.5 Å². The molecule has 206 valence electrons. The first kappa shape index (κ1) is 25.6. The summed E-state index contributed by atoms with van der Waals surface area (Å²) in [6, 6.07) is 8.21. The molecule has 1 fully saturated rings. The van der Waals surface area contributed by atoms with Gasteiger partial charge in [0.15, 0.2) is 22.8 Å². The summed E-state index contributed by atoms with van der Waals surface area (Å²) >= 11 is 0. The van der Waals surface area contributed by atoms with Crippen molar-refractivity contribution >= 4 is 39.8 Å². The van der Waals surface area contributed by atoms with Gasteiger partial charge in [-0.25, -0.2) is 29.7 Å². The molecule has 0 saturated carbocycles. The number of carbonyl (C=O) groups excluding carboxylic acids is 1. The molecule has 1 aliphatic heterocycles. The molecule has 3 N–H and O–H groups in total. The Labute approximate surface area is 229 Å². The third-order valence-electron chi connectivity index (χ3n) is 7.00. The van der Waals surface area contributed by atoms with E-state index in [0.29, 0.717) is 38.1 Å². The molecular formula is C27H30N10O3. The molecule has 1 aliphatic rings. The first-order chi connectivity index (χ1) is 19.6. The number of carbonyl (C=O) groups is 1. The monoisotopic (exact) mass is 542 g/mol. The van der Waals surface area contributed by atoms with Crippen molar-refractivity contribution < 1.29 is 14.4 Å². The van der Waals surface area contributed by atoms with E-state index in [-0.39, 0.29) is 5.56 Å². The van der Waals surface area contributed by atoms with Crippen LogP contribution in [0.5, 0.6) is 0 Å². The van der Waals surface area contributed by atoms with Crippen molar-refractivity contribution in [3.8, 4) is 11.4 Å². The average Bonchev–Trinajstić information content (AvgIpc) is 3.60. The fourth-order valence-electron chi connectivity index (χ4n) is 4.90. The van der Waals surface area contributed by atoms with E-state index in [2.05, 4.69) is 37.7 Å². The third kappa shape index (κ3) is 4.80. The molecule has 1 aromatic carbocycles. The van der Waals surface area contributed by atoms with E-state index in [9.17, 15) is 4.79 Å². The van der Waals surface area contributed by atoms with Gasteiger partial charge in [0.2, 0.25) is 5.95 Å². The highest BCUT2D eigenvalue weighted by Gasteiger charge is 2.24. The Bertz CT molecular complexity index is 1660. The maximum atomic E-state index is 11.7. The lowest BCUT2D eigenvalue weighted by Crippen LogP contribution is -2.37. The van der Waals surface area contributed by atoms with Gasteiger partial charge in [0.05, 0.1) is 25.3 Å². The predicted octanol–water partition coefficient (Wildman–Crippen LogP) is 2.59. The number of aromatic nitrogens is 7. The molecule has 0 amide bonds. The zero-order chi connectivity index (χ0) is 27.6. The zero-order valence-corrected chi connectivity index (χ0v) is 22.4. The highest BCUT2D eigenvalue weighted by atomic mass is 16.7. The second-order valence-corrected chi connectivity index (χ2v) is 9.61. The van der Waals surface area contributed by atoms with Crippen molar-refractivity contribution in [3.63, 3.8) is 0 Å². The molecule has 4 aromatic heterocycles. The van der Waals surface area contributed by atoms with E-state index in [0.717, 1.165) is 58.8 Å². The van der Waals surface area contributed by atoms with E-state index < -0.39 is 5.97 Å². The topological polar surface area (TPSA) is 153 Å². The number of nitrogens with one attached hydrogen (secondary N) is 1. The van der Waals surface area contributed by atoms with Crippen LogP contribution < -0.4 is 15.7 Å². The Morgan fingerprint density at radius 2 is 1.95 bits per heavy atom. The van der Waals surface area contributed by atoms with Crippen molar-refractivity contribution in [2.45, 2.75) is 19.9 Å². The van der Waals surface area contributed by atoms with Gasteiger partial charge < -0.3 is 28.9 Å². The van der Waals surface area contributed by atoms with Gasteiger partial charge >= 0.3 is 5.97 Å². The summed E-state index contributed by atoms with van der Waals surface area (Å²) in [5.41, 5.74) is 3.66. The van der Waals surface area contributed by atoms with Gasteiger partial charge in [0, 0.05) is 61.7 Å². The van der Waals surface area contributed by atoms with Crippen molar-refractivity contribution in [3.05, 3.63) is 54.2 Å². The lowest BCUT2D eigenvalue weighted by molar-refractivity contribution is 0.0502. The van der Waals surface area contributed by atoms with Crippen LogP contribution in [0.3, 0.4) is 0 Å². The minimum Gasteiger partial charge on any atom is -0.378 e. The Balaban J connectivity index is 1.41. The normalized spacial score (nSPS) is 13.7. The number of H-pyrrole nitrogens is 1. The van der Waals surface area contributed by atoms with Gasteiger partial charge in [-0.15, -0.1) is 0 Å². The first-order valence-electron chi connectivity index (χ1n) is 13.2. The summed E-state index contributed by atoms with van der Waals surface area (Å²) in [7, 11) is 1.96. The largest absolute Gasteiger partial charge is 0.378 e. The first-order valence-corrected chi connectivity index (χ1v) is 13.2. The molecule has 0 atom stereocenters. The second-order valence-electron chi connectivity index (χ2n) is 9.61. The molecule has 13 nitrogen and oxygen atoms in total. The zero-order valence-electron chi connectivity index (χ0n) is 22.4. The van der Waals surface area contributed by atoms with Crippen molar-refractivity contribution in [2.24, 2.45) is 12.9 Å². The number of ether oxygens (including phenoxy) is 1. The quantitative estimate of drug-likeness (QED) is 0.278. The minimum atomic E-state index is -0.690. The number of fused-ring (bicyclic) bond motifs is 2. The van der Waals surface area contributed by atoms with Crippen molar-refractivity contribution in [1.29, 1.82) is 0 Å². The fraction of sp³-hybridized carbons (Fsp3) is 0.333. The van der Waals surface area contributed by atoms with E-state index in [4.69, 9.17) is 25.6 Å². The van der Waals surface area contributed by atoms with Crippen LogP contribution in [0.15, 0.2) is 42.9 Å². The number of aryl methyl sites for hydroxylation is 1. The summed E-state index contributed by atoms with van der Waals surface area (Å²) in [6.45, 7) is 5.92. The molecule has 0 unspecified atom stereocenters. The molecule has 5 aromatic rings. The van der Waals surface area contributed by atoms with E-state index >= 15 is 0 Å². The van der Waals surface area contributed by atoms with Crippen molar-refractivity contribution in [1.82, 2.24) is 34.5 Å². The van der Waals surface area contributed by atoms with Gasteiger partial charge in [-0.2, -0.15) is 5.90 Å². The van der Waals surface area contributed by atoms with Gasteiger partial charge in [0.1, 0.15) is 5.82 Å². The van der Waals surface area contributed by atoms with Crippen LogP contribution in [0.4, 0.5) is 11.8 Å². The van der Waals surface area contributed by atoms with E-state index in [1.54, 1.807) is 0 Å². The lowest BCUT2D eigenvalue weighted by Gasteiger charge is -2.28. The molecule has 0 radical (unpaired) electrons. The fourth-order valence-corrected chi connectivity index (χ4v) is 4.90. The van der Waals surface area contributed by atoms with Gasteiger partial charge in [-0.05, 0) is 30.7 Å². The van der Waals surface area contributed by atoms with Crippen LogP contribution >= 0.6 is 0 Å². The summed E-state index contributed by atoms with van der Waals surface area (Å²) in [5, 5.41) is 1.10. The van der Waals surface area contributed by atoms with Crippen LogP contribution in [0.1, 0.15) is 29.5 Å². The number of nitrogens with zero attached hydrogens (tertiary/aromatic N) is 8. The molecular weight excluding hydrogens is 512 g/mol. The van der Waals surface area contributed by atoms with Gasteiger partial charge in [0.25, 0.3) is 0 Å². The molecule has 1 saturated heterocycles.